The van der Waals surface area contributed by atoms with Gasteiger partial charge >= 0.3 is 0 Å². The van der Waals surface area contributed by atoms with Gasteiger partial charge in [0, 0.05) is 0 Å². The maximum Gasteiger partial charge on any atom is 0.241 e. The lowest BCUT2D eigenvalue weighted by molar-refractivity contribution is -0.117. The average molecular weight is 227 g/mol. The van der Waals surface area contributed by atoms with Crippen LogP contribution in [-0.2, 0) is 4.79 Å². The van der Waals surface area contributed by atoms with Crippen molar-refractivity contribution < 1.29 is 9.18 Å². The molecule has 0 aliphatic heterocycles. The molecule has 1 unspecified atom stereocenters. The molecule has 1 atom stereocenters. The summed E-state index contributed by atoms with van der Waals surface area (Å²) in [6.45, 7) is 1.45. The van der Waals surface area contributed by atoms with Gasteiger partial charge in [-0.15, -0.1) is 0 Å². The van der Waals surface area contributed by atoms with Crippen molar-refractivity contribution >= 4 is 23.2 Å². The van der Waals surface area contributed by atoms with Gasteiger partial charge in [0.1, 0.15) is 11.7 Å². The summed E-state index contributed by atoms with van der Waals surface area (Å²) in [5.74, 6) is -1.81. The Morgan fingerprint density at radius 3 is 2.93 bits per heavy atom. The molecular formula is C10H8ClFN2O. The summed E-state index contributed by atoms with van der Waals surface area (Å²) in [7, 11) is 0. The molecule has 0 saturated heterocycles. The van der Waals surface area contributed by atoms with E-state index in [2.05, 4.69) is 5.32 Å². The number of nitriles is 1. The minimum atomic E-state index is -0.802. The average Bonchev–Trinajstić information content (AvgIpc) is 2.22. The number of halogens is 2. The molecule has 0 bridgehead atoms. The van der Waals surface area contributed by atoms with Crippen LogP contribution in [0.25, 0.3) is 0 Å². The lowest BCUT2D eigenvalue weighted by Gasteiger charge is -2.07. The number of carbonyl (C=O) groups excluding carboxylic acids is 1. The van der Waals surface area contributed by atoms with E-state index in [1.807, 2.05) is 0 Å². The highest BCUT2D eigenvalue weighted by atomic mass is 35.5. The summed E-state index contributed by atoms with van der Waals surface area (Å²) in [5, 5.41) is 11.1. The van der Waals surface area contributed by atoms with Crippen LogP contribution in [0.2, 0.25) is 5.02 Å². The normalized spacial score (nSPS) is 11.6. The van der Waals surface area contributed by atoms with Crippen molar-refractivity contribution in [3.05, 3.63) is 29.0 Å². The summed E-state index contributed by atoms with van der Waals surface area (Å²) >= 11 is 5.72. The Labute approximate surface area is 91.5 Å². The highest BCUT2D eigenvalue weighted by Gasteiger charge is 2.13. The quantitative estimate of drug-likeness (QED) is 0.843. The van der Waals surface area contributed by atoms with Gasteiger partial charge in [0.15, 0.2) is 0 Å². The first-order chi connectivity index (χ1) is 7.04. The van der Waals surface area contributed by atoms with Crippen LogP contribution in [0.15, 0.2) is 18.2 Å². The molecule has 1 amide bonds. The van der Waals surface area contributed by atoms with Crippen LogP contribution in [0.5, 0.6) is 0 Å². The van der Waals surface area contributed by atoms with E-state index in [9.17, 15) is 9.18 Å². The molecule has 1 aromatic carbocycles. The van der Waals surface area contributed by atoms with Crippen LogP contribution in [0.4, 0.5) is 10.1 Å². The van der Waals surface area contributed by atoms with Gasteiger partial charge < -0.3 is 5.32 Å². The summed E-state index contributed by atoms with van der Waals surface area (Å²) in [5.41, 5.74) is 0.170. The third kappa shape index (κ3) is 2.93. The molecule has 0 radical (unpaired) electrons. The fourth-order valence-corrected chi connectivity index (χ4v) is 1.06. The van der Waals surface area contributed by atoms with Crippen molar-refractivity contribution in [2.45, 2.75) is 6.92 Å². The second kappa shape index (κ2) is 4.76. The molecule has 78 valence electrons. The van der Waals surface area contributed by atoms with Crippen molar-refractivity contribution in [2.75, 3.05) is 5.32 Å². The second-order valence-corrected chi connectivity index (χ2v) is 3.37. The molecule has 0 aliphatic rings. The van der Waals surface area contributed by atoms with Gasteiger partial charge in [-0.3, -0.25) is 4.79 Å². The van der Waals surface area contributed by atoms with Crippen molar-refractivity contribution in [1.82, 2.24) is 0 Å². The van der Waals surface area contributed by atoms with Crippen molar-refractivity contribution in [3.8, 4) is 6.07 Å². The zero-order valence-electron chi connectivity index (χ0n) is 7.92. The molecule has 3 nitrogen and oxygen atoms in total. The number of benzene rings is 1. The van der Waals surface area contributed by atoms with E-state index in [0.29, 0.717) is 0 Å². The Hall–Kier alpha value is -1.60. The lowest BCUT2D eigenvalue weighted by atomic mass is 10.2. The van der Waals surface area contributed by atoms with Gasteiger partial charge in [-0.2, -0.15) is 5.26 Å². The smallest absolute Gasteiger partial charge is 0.241 e. The maximum absolute atomic E-state index is 12.8. The fourth-order valence-electron chi connectivity index (χ4n) is 0.893. The molecule has 1 rings (SSSR count). The predicted molar refractivity (Wildman–Crippen MR) is 54.8 cm³/mol. The van der Waals surface area contributed by atoms with Gasteiger partial charge in [0.2, 0.25) is 5.91 Å². The number of amides is 1. The number of hydrogen-bond donors (Lipinski definition) is 1. The molecule has 0 aliphatic carbocycles. The summed E-state index contributed by atoms with van der Waals surface area (Å²) < 4.78 is 12.8. The van der Waals surface area contributed by atoms with E-state index in [4.69, 9.17) is 16.9 Å². The van der Waals surface area contributed by atoms with Crippen LogP contribution in [0.1, 0.15) is 6.92 Å². The fraction of sp³-hybridized carbons (Fsp3) is 0.200. The standard InChI is InChI=1S/C10H8ClFN2O/c1-6(5-13)10(15)14-9-4-7(12)2-3-8(9)11/h2-4,6H,1H3,(H,14,15). The first-order valence-corrected chi connectivity index (χ1v) is 4.58. The molecule has 0 heterocycles. The highest BCUT2D eigenvalue weighted by Crippen LogP contribution is 2.22. The number of anilines is 1. The highest BCUT2D eigenvalue weighted by molar-refractivity contribution is 6.33. The molecule has 0 saturated carbocycles. The minimum absolute atomic E-state index is 0.170. The van der Waals surface area contributed by atoms with E-state index in [0.717, 1.165) is 6.07 Å². The number of nitrogens with one attached hydrogen (secondary N) is 1. The van der Waals surface area contributed by atoms with E-state index in [1.54, 1.807) is 6.07 Å². The summed E-state index contributed by atoms with van der Waals surface area (Å²) in [4.78, 5) is 11.3. The first kappa shape index (κ1) is 11.5. The van der Waals surface area contributed by atoms with E-state index < -0.39 is 17.6 Å². The predicted octanol–water partition coefficient (Wildman–Crippen LogP) is 2.58. The van der Waals surface area contributed by atoms with Gasteiger partial charge in [0.05, 0.1) is 16.8 Å². The molecule has 0 aromatic heterocycles. The molecule has 1 N–H and O–H groups in total. The third-order valence-electron chi connectivity index (χ3n) is 1.77. The number of rotatable bonds is 2. The minimum Gasteiger partial charge on any atom is -0.324 e. The van der Waals surface area contributed by atoms with Gasteiger partial charge in [-0.25, -0.2) is 4.39 Å². The Balaban J connectivity index is 2.86. The third-order valence-corrected chi connectivity index (χ3v) is 2.10. The molecular weight excluding hydrogens is 219 g/mol. The topological polar surface area (TPSA) is 52.9 Å². The van der Waals surface area contributed by atoms with E-state index >= 15 is 0 Å². The lowest BCUT2D eigenvalue weighted by Crippen LogP contribution is -2.19. The van der Waals surface area contributed by atoms with E-state index in [-0.39, 0.29) is 10.7 Å². The van der Waals surface area contributed by atoms with Gasteiger partial charge in [-0.1, -0.05) is 11.6 Å². The molecule has 1 aromatic rings. The molecule has 15 heavy (non-hydrogen) atoms. The van der Waals surface area contributed by atoms with Crippen LogP contribution in [0, 0.1) is 23.1 Å². The molecule has 0 fully saturated rings. The Bertz CT molecular complexity index is 428. The largest absolute Gasteiger partial charge is 0.324 e. The van der Waals surface area contributed by atoms with Gasteiger partial charge in [0.25, 0.3) is 0 Å². The van der Waals surface area contributed by atoms with E-state index in [1.165, 1.54) is 19.1 Å². The zero-order chi connectivity index (χ0) is 11.4. The second-order valence-electron chi connectivity index (χ2n) is 2.96. The monoisotopic (exact) mass is 226 g/mol. The number of hydrogen-bond acceptors (Lipinski definition) is 2. The van der Waals surface area contributed by atoms with Crippen LogP contribution >= 0.6 is 11.6 Å². The van der Waals surface area contributed by atoms with Crippen LogP contribution < -0.4 is 5.32 Å². The van der Waals surface area contributed by atoms with Crippen molar-refractivity contribution in [1.29, 1.82) is 5.26 Å². The van der Waals surface area contributed by atoms with Crippen molar-refractivity contribution in [3.63, 3.8) is 0 Å². The summed E-state index contributed by atoms with van der Waals surface area (Å²) in [6, 6.07) is 5.39. The number of nitrogens with zero attached hydrogens (tertiary/aromatic N) is 1. The molecule has 0 spiro atoms. The Morgan fingerprint density at radius 1 is 1.67 bits per heavy atom. The SMILES string of the molecule is CC(C#N)C(=O)Nc1cc(F)ccc1Cl. The maximum atomic E-state index is 12.8. The number of carbonyl (C=O) groups is 1. The first-order valence-electron chi connectivity index (χ1n) is 4.20. The van der Waals surface area contributed by atoms with Gasteiger partial charge in [-0.05, 0) is 25.1 Å². The molecule has 5 heteroatoms. The zero-order valence-corrected chi connectivity index (χ0v) is 8.68. The Morgan fingerprint density at radius 2 is 2.33 bits per heavy atom. The van der Waals surface area contributed by atoms with Crippen LogP contribution in [-0.4, -0.2) is 5.91 Å². The van der Waals surface area contributed by atoms with Crippen molar-refractivity contribution in [2.24, 2.45) is 5.92 Å². The Kier molecular flexibility index (Phi) is 3.64. The summed E-state index contributed by atoms with van der Waals surface area (Å²) in [6.07, 6.45) is 0. The van der Waals surface area contributed by atoms with Crippen LogP contribution in [0.3, 0.4) is 0 Å².